The zero-order valence-electron chi connectivity index (χ0n) is 8.45. The van der Waals surface area contributed by atoms with Crippen molar-refractivity contribution in [3.63, 3.8) is 0 Å². The predicted molar refractivity (Wildman–Crippen MR) is 53.0 cm³/mol. The van der Waals surface area contributed by atoms with Crippen molar-refractivity contribution in [3.8, 4) is 0 Å². The van der Waals surface area contributed by atoms with Crippen LogP contribution in [0.2, 0.25) is 0 Å². The minimum absolute atomic E-state index is 0. The van der Waals surface area contributed by atoms with Crippen molar-refractivity contribution < 1.29 is 33.3 Å². The molecule has 0 saturated carbocycles. The van der Waals surface area contributed by atoms with E-state index in [0.717, 1.165) is 0 Å². The van der Waals surface area contributed by atoms with Crippen LogP contribution in [0.4, 0.5) is 0 Å². The van der Waals surface area contributed by atoms with Gasteiger partial charge in [0.1, 0.15) is 5.69 Å². The first-order valence-corrected chi connectivity index (χ1v) is 4.59. The van der Waals surface area contributed by atoms with Gasteiger partial charge < -0.3 is 24.0 Å². The lowest BCUT2D eigenvalue weighted by Gasteiger charge is -1.95. The van der Waals surface area contributed by atoms with Crippen LogP contribution in [0.15, 0.2) is 49.2 Å². The number of rotatable bonds is 3. The minimum Gasteiger partial charge on any atom is -1.00 e. The average molecular weight is 327 g/mol. The first-order chi connectivity index (χ1) is 7.36. The number of hydrogen-bond donors (Lipinski definition) is 0. The fourth-order valence-electron chi connectivity index (χ4n) is 1.23. The zero-order chi connectivity index (χ0) is 10.5. The summed E-state index contributed by atoms with van der Waals surface area (Å²) in [6.07, 6.45) is 8.23. The highest BCUT2D eigenvalue weighted by molar-refractivity contribution is 5.92. The van der Waals surface area contributed by atoms with E-state index in [-0.39, 0.29) is 29.8 Å². The molecule has 16 heavy (non-hydrogen) atoms. The molecule has 4 nitrogen and oxygen atoms in total. The molecule has 2 heterocycles. The third kappa shape index (κ3) is 3.34. The SMILES string of the molecule is O=C(C[n+]1ccccc1)c1cnccn1.[I-]. The van der Waals surface area contributed by atoms with Crippen LogP contribution in [0, 0.1) is 0 Å². The van der Waals surface area contributed by atoms with Crippen molar-refractivity contribution in [1.82, 2.24) is 9.97 Å². The summed E-state index contributed by atoms with van der Waals surface area (Å²) >= 11 is 0. The second-order valence-corrected chi connectivity index (χ2v) is 3.06. The van der Waals surface area contributed by atoms with Crippen LogP contribution in [0.3, 0.4) is 0 Å². The highest BCUT2D eigenvalue weighted by atomic mass is 127. The Morgan fingerprint density at radius 3 is 2.56 bits per heavy atom. The second-order valence-electron chi connectivity index (χ2n) is 3.06. The number of carbonyl (C=O) groups is 1. The van der Waals surface area contributed by atoms with Crippen LogP contribution in [0.1, 0.15) is 10.5 Å². The molecular formula is C11H10IN3O. The molecule has 0 spiro atoms. The maximum Gasteiger partial charge on any atom is 0.247 e. The van der Waals surface area contributed by atoms with Gasteiger partial charge in [0.05, 0.1) is 6.20 Å². The molecule has 0 aliphatic heterocycles. The number of nitrogens with zero attached hydrogens (tertiary/aromatic N) is 3. The van der Waals surface area contributed by atoms with Gasteiger partial charge in [-0.3, -0.25) is 9.78 Å². The Morgan fingerprint density at radius 2 is 1.94 bits per heavy atom. The number of halogens is 1. The van der Waals surface area contributed by atoms with Gasteiger partial charge in [0.15, 0.2) is 12.4 Å². The molecule has 0 radical (unpaired) electrons. The Bertz CT molecular complexity index is 447. The summed E-state index contributed by atoms with van der Waals surface area (Å²) in [5.41, 5.74) is 0.397. The van der Waals surface area contributed by atoms with Crippen molar-refractivity contribution in [3.05, 3.63) is 54.9 Å². The number of pyridine rings is 1. The number of carbonyl (C=O) groups excluding carboxylic acids is 1. The summed E-state index contributed by atoms with van der Waals surface area (Å²) in [6.45, 7) is 0.291. The van der Waals surface area contributed by atoms with Gasteiger partial charge >= 0.3 is 0 Å². The van der Waals surface area contributed by atoms with Gasteiger partial charge in [0, 0.05) is 24.5 Å². The minimum atomic E-state index is -0.0423. The standard InChI is InChI=1S/C11H10N3O.HI/c15-11(10-8-12-4-5-13-10)9-14-6-2-1-3-7-14;/h1-8H,9H2;1H/q+1;/p-1. The Labute approximate surface area is 110 Å². The maximum atomic E-state index is 11.7. The van der Waals surface area contributed by atoms with Gasteiger partial charge in [0.2, 0.25) is 12.3 Å². The number of aromatic nitrogens is 3. The molecule has 0 N–H and O–H groups in total. The molecule has 0 fully saturated rings. The lowest BCUT2D eigenvalue weighted by atomic mass is 10.3. The Balaban J connectivity index is 0.00000128. The van der Waals surface area contributed by atoms with Gasteiger partial charge in [-0.15, -0.1) is 0 Å². The van der Waals surface area contributed by atoms with E-state index < -0.39 is 0 Å². The van der Waals surface area contributed by atoms with E-state index in [9.17, 15) is 4.79 Å². The molecule has 0 aliphatic rings. The quantitative estimate of drug-likeness (QED) is 0.360. The first-order valence-electron chi connectivity index (χ1n) is 4.59. The molecule has 0 atom stereocenters. The smallest absolute Gasteiger partial charge is 0.247 e. The van der Waals surface area contributed by atoms with Gasteiger partial charge in [-0.05, 0) is 0 Å². The summed E-state index contributed by atoms with van der Waals surface area (Å²) in [5, 5.41) is 0. The number of Topliss-reactive ketones (excluding diaryl/α,β-unsaturated/α-hetero) is 1. The predicted octanol–water partition coefficient (Wildman–Crippen LogP) is -2.35. The Hall–Kier alpha value is -1.37. The highest BCUT2D eigenvalue weighted by Gasteiger charge is 2.12. The monoisotopic (exact) mass is 327 g/mol. The Kier molecular flexibility index (Phi) is 4.97. The molecular weight excluding hydrogens is 317 g/mol. The molecule has 0 aliphatic carbocycles. The van der Waals surface area contributed by atoms with E-state index >= 15 is 0 Å². The summed E-state index contributed by atoms with van der Waals surface area (Å²) in [7, 11) is 0. The van der Waals surface area contributed by atoms with Crippen molar-refractivity contribution >= 4 is 5.78 Å². The van der Waals surface area contributed by atoms with Gasteiger partial charge in [-0.2, -0.15) is 4.57 Å². The molecule has 0 saturated heterocycles. The molecule has 0 aromatic carbocycles. The van der Waals surface area contributed by atoms with Crippen LogP contribution in [-0.2, 0) is 6.54 Å². The molecule has 0 unspecified atom stereocenters. The second kappa shape index (κ2) is 6.26. The van der Waals surface area contributed by atoms with Crippen molar-refractivity contribution in [2.24, 2.45) is 0 Å². The van der Waals surface area contributed by atoms with E-state index in [1.807, 2.05) is 30.6 Å². The lowest BCUT2D eigenvalue weighted by molar-refractivity contribution is -0.683. The maximum absolute atomic E-state index is 11.7. The van der Waals surface area contributed by atoms with Gasteiger partial charge in [-0.25, -0.2) is 4.98 Å². The molecule has 5 heteroatoms. The van der Waals surface area contributed by atoms with E-state index in [2.05, 4.69) is 9.97 Å². The van der Waals surface area contributed by atoms with E-state index in [4.69, 9.17) is 0 Å². The van der Waals surface area contributed by atoms with E-state index in [1.54, 1.807) is 10.8 Å². The number of ketones is 1. The fourth-order valence-corrected chi connectivity index (χ4v) is 1.23. The van der Waals surface area contributed by atoms with E-state index in [1.165, 1.54) is 12.4 Å². The topological polar surface area (TPSA) is 46.7 Å². The highest BCUT2D eigenvalue weighted by Crippen LogP contribution is 1.92. The third-order valence-electron chi connectivity index (χ3n) is 1.95. The zero-order valence-corrected chi connectivity index (χ0v) is 10.6. The van der Waals surface area contributed by atoms with Gasteiger partial charge in [0.25, 0.3) is 0 Å². The molecule has 2 aromatic rings. The average Bonchev–Trinajstić information content (AvgIpc) is 2.31. The van der Waals surface area contributed by atoms with E-state index in [0.29, 0.717) is 12.2 Å². The molecule has 0 amide bonds. The van der Waals surface area contributed by atoms with Crippen molar-refractivity contribution in [1.29, 1.82) is 0 Å². The summed E-state index contributed by atoms with van der Waals surface area (Å²) in [6, 6.07) is 5.66. The fraction of sp³-hybridized carbons (Fsp3) is 0.0909. The summed E-state index contributed by atoms with van der Waals surface area (Å²) in [5.74, 6) is -0.0423. The van der Waals surface area contributed by atoms with Crippen LogP contribution in [0.25, 0.3) is 0 Å². The van der Waals surface area contributed by atoms with Gasteiger partial charge in [-0.1, -0.05) is 6.07 Å². The molecule has 0 bridgehead atoms. The third-order valence-corrected chi connectivity index (χ3v) is 1.95. The molecule has 2 aromatic heterocycles. The molecule has 82 valence electrons. The largest absolute Gasteiger partial charge is 1.00 e. The Morgan fingerprint density at radius 1 is 1.19 bits per heavy atom. The van der Waals surface area contributed by atoms with Crippen LogP contribution in [0.5, 0.6) is 0 Å². The molecule has 2 rings (SSSR count). The van der Waals surface area contributed by atoms with Crippen LogP contribution < -0.4 is 28.5 Å². The summed E-state index contributed by atoms with van der Waals surface area (Å²) < 4.78 is 1.80. The first kappa shape index (κ1) is 12.7. The van der Waals surface area contributed by atoms with Crippen molar-refractivity contribution in [2.75, 3.05) is 0 Å². The summed E-state index contributed by atoms with van der Waals surface area (Å²) in [4.78, 5) is 19.5. The lowest BCUT2D eigenvalue weighted by Crippen LogP contribution is -3.00. The number of hydrogen-bond acceptors (Lipinski definition) is 3. The van der Waals surface area contributed by atoms with Crippen molar-refractivity contribution in [2.45, 2.75) is 6.54 Å². The normalized spacial score (nSPS) is 9.25. The van der Waals surface area contributed by atoms with Crippen LogP contribution in [-0.4, -0.2) is 15.8 Å². The van der Waals surface area contributed by atoms with Crippen LogP contribution >= 0.6 is 0 Å².